The van der Waals surface area contributed by atoms with E-state index in [4.69, 9.17) is 15.2 Å². The molecule has 0 aromatic heterocycles. The first kappa shape index (κ1) is 15.4. The summed E-state index contributed by atoms with van der Waals surface area (Å²) in [4.78, 5) is 14.0. The topological polar surface area (TPSA) is 76.8 Å². The van der Waals surface area contributed by atoms with E-state index in [1.54, 1.807) is 7.05 Å². The molecule has 1 aromatic carbocycles. The molecule has 2 rings (SSSR count). The van der Waals surface area contributed by atoms with Gasteiger partial charge in [-0.05, 0) is 18.6 Å². The first-order valence-corrected chi connectivity index (χ1v) is 7.26. The molecule has 6 heteroatoms. The Labute approximate surface area is 125 Å². The predicted molar refractivity (Wildman–Crippen MR) is 82.7 cm³/mol. The molecule has 1 heterocycles. The van der Waals surface area contributed by atoms with Crippen molar-refractivity contribution < 1.29 is 14.3 Å². The highest BCUT2D eigenvalue weighted by atomic mass is 16.5. The molecular formula is C15H23N3O3. The number of nitrogens with one attached hydrogen (secondary N) is 1. The Balaban J connectivity index is 2.28. The first-order valence-electron chi connectivity index (χ1n) is 7.26. The number of morpholine rings is 1. The van der Waals surface area contributed by atoms with Gasteiger partial charge < -0.3 is 25.4 Å². The molecule has 0 spiro atoms. The third-order valence-electron chi connectivity index (χ3n) is 3.49. The standard InChI is InChI=1S/C15H23N3O3/c1-3-8-21-13-6-4-5-11(14(13)16)18-7-9-20-10-12(18)15(19)17-2/h4-6,12H,3,7-10,16H2,1-2H3,(H,17,19). The lowest BCUT2D eigenvalue weighted by atomic mass is 10.1. The van der Waals surface area contributed by atoms with Crippen LogP contribution in [0, 0.1) is 0 Å². The van der Waals surface area contributed by atoms with Gasteiger partial charge in [-0.15, -0.1) is 0 Å². The summed E-state index contributed by atoms with van der Waals surface area (Å²) >= 11 is 0. The monoisotopic (exact) mass is 293 g/mol. The molecule has 0 bridgehead atoms. The predicted octanol–water partition coefficient (Wildman–Crippen LogP) is 1.01. The Morgan fingerprint density at radius 2 is 2.38 bits per heavy atom. The first-order chi connectivity index (χ1) is 10.2. The Kier molecular flexibility index (Phi) is 5.27. The molecule has 116 valence electrons. The number of benzene rings is 1. The minimum atomic E-state index is -0.368. The highest BCUT2D eigenvalue weighted by Gasteiger charge is 2.30. The SMILES string of the molecule is CCCOc1cccc(N2CCOCC2C(=O)NC)c1N. The van der Waals surface area contributed by atoms with Gasteiger partial charge in [0.05, 0.1) is 31.2 Å². The van der Waals surface area contributed by atoms with Crippen LogP contribution in [0.25, 0.3) is 0 Å². The van der Waals surface area contributed by atoms with Crippen molar-refractivity contribution in [2.75, 3.05) is 44.0 Å². The van der Waals surface area contributed by atoms with Gasteiger partial charge in [0, 0.05) is 13.6 Å². The molecule has 0 saturated carbocycles. The van der Waals surface area contributed by atoms with Crippen LogP contribution in [0.3, 0.4) is 0 Å². The molecule has 1 aliphatic rings. The maximum absolute atomic E-state index is 12.0. The number of hydrogen-bond donors (Lipinski definition) is 2. The normalized spacial score (nSPS) is 18.4. The van der Waals surface area contributed by atoms with Gasteiger partial charge in [-0.2, -0.15) is 0 Å². The van der Waals surface area contributed by atoms with Gasteiger partial charge in [0.25, 0.3) is 0 Å². The van der Waals surface area contributed by atoms with Crippen LogP contribution in [0.2, 0.25) is 0 Å². The van der Waals surface area contributed by atoms with E-state index in [9.17, 15) is 4.79 Å². The summed E-state index contributed by atoms with van der Waals surface area (Å²) < 4.78 is 11.1. The van der Waals surface area contributed by atoms with E-state index in [-0.39, 0.29) is 11.9 Å². The van der Waals surface area contributed by atoms with Crippen LogP contribution in [0.15, 0.2) is 18.2 Å². The highest BCUT2D eigenvalue weighted by Crippen LogP contribution is 2.34. The molecule has 1 amide bonds. The number of ether oxygens (including phenoxy) is 2. The Morgan fingerprint density at radius 3 is 3.10 bits per heavy atom. The van der Waals surface area contributed by atoms with Crippen LogP contribution in [0.1, 0.15) is 13.3 Å². The van der Waals surface area contributed by atoms with Crippen molar-refractivity contribution in [3.63, 3.8) is 0 Å². The number of anilines is 2. The van der Waals surface area contributed by atoms with Crippen molar-refractivity contribution in [3.8, 4) is 5.75 Å². The lowest BCUT2D eigenvalue weighted by Crippen LogP contribution is -2.53. The third kappa shape index (κ3) is 3.39. The van der Waals surface area contributed by atoms with Gasteiger partial charge in [-0.25, -0.2) is 0 Å². The molecule has 1 aliphatic heterocycles. The summed E-state index contributed by atoms with van der Waals surface area (Å²) in [5, 5.41) is 2.67. The van der Waals surface area contributed by atoms with Crippen molar-refractivity contribution in [2.45, 2.75) is 19.4 Å². The second-order valence-electron chi connectivity index (χ2n) is 4.94. The second kappa shape index (κ2) is 7.17. The number of rotatable bonds is 5. The maximum Gasteiger partial charge on any atom is 0.244 e. The average molecular weight is 293 g/mol. The Hall–Kier alpha value is -1.95. The van der Waals surface area contributed by atoms with Gasteiger partial charge >= 0.3 is 0 Å². The quantitative estimate of drug-likeness (QED) is 0.792. The van der Waals surface area contributed by atoms with Crippen LogP contribution in [0.4, 0.5) is 11.4 Å². The van der Waals surface area contributed by atoms with Crippen molar-refractivity contribution in [1.29, 1.82) is 0 Å². The zero-order valence-corrected chi connectivity index (χ0v) is 12.6. The number of para-hydroxylation sites is 1. The van der Waals surface area contributed by atoms with Gasteiger partial charge in [0.1, 0.15) is 11.8 Å². The smallest absolute Gasteiger partial charge is 0.244 e. The van der Waals surface area contributed by atoms with E-state index in [1.807, 2.05) is 30.0 Å². The summed E-state index contributed by atoms with van der Waals surface area (Å²) in [5.41, 5.74) is 7.61. The number of amides is 1. The summed E-state index contributed by atoms with van der Waals surface area (Å²) in [5.74, 6) is 0.588. The minimum Gasteiger partial charge on any atom is -0.491 e. The van der Waals surface area contributed by atoms with Crippen LogP contribution in [0.5, 0.6) is 5.75 Å². The van der Waals surface area contributed by atoms with E-state index in [1.165, 1.54) is 0 Å². The van der Waals surface area contributed by atoms with Crippen molar-refractivity contribution >= 4 is 17.3 Å². The molecule has 3 N–H and O–H groups in total. The van der Waals surface area contributed by atoms with Gasteiger partial charge in [-0.3, -0.25) is 4.79 Å². The fourth-order valence-electron chi connectivity index (χ4n) is 2.40. The summed E-state index contributed by atoms with van der Waals surface area (Å²) in [6, 6.07) is 5.29. The molecule has 1 fully saturated rings. The summed E-state index contributed by atoms with van der Waals surface area (Å²) in [6.07, 6.45) is 0.919. The van der Waals surface area contributed by atoms with E-state index in [0.29, 0.717) is 37.8 Å². The Bertz CT molecular complexity index is 493. The fourth-order valence-corrected chi connectivity index (χ4v) is 2.40. The van der Waals surface area contributed by atoms with Gasteiger partial charge in [-0.1, -0.05) is 13.0 Å². The average Bonchev–Trinajstić information content (AvgIpc) is 2.53. The lowest BCUT2D eigenvalue weighted by Gasteiger charge is -2.36. The number of nitrogens with two attached hydrogens (primary N) is 1. The number of carbonyl (C=O) groups is 1. The molecule has 0 aliphatic carbocycles. The van der Waals surface area contributed by atoms with Crippen molar-refractivity contribution in [3.05, 3.63) is 18.2 Å². The fraction of sp³-hybridized carbons (Fsp3) is 0.533. The maximum atomic E-state index is 12.0. The molecule has 1 unspecified atom stereocenters. The van der Waals surface area contributed by atoms with Crippen LogP contribution >= 0.6 is 0 Å². The van der Waals surface area contributed by atoms with Crippen LogP contribution < -0.4 is 20.7 Å². The highest BCUT2D eigenvalue weighted by molar-refractivity contribution is 5.87. The summed E-state index contributed by atoms with van der Waals surface area (Å²) in [7, 11) is 1.62. The number of carbonyl (C=O) groups excluding carboxylic acids is 1. The van der Waals surface area contributed by atoms with E-state index in [0.717, 1.165) is 12.1 Å². The van der Waals surface area contributed by atoms with E-state index >= 15 is 0 Å². The molecule has 6 nitrogen and oxygen atoms in total. The van der Waals surface area contributed by atoms with Gasteiger partial charge in [0.15, 0.2) is 0 Å². The molecule has 21 heavy (non-hydrogen) atoms. The molecular weight excluding hydrogens is 270 g/mol. The van der Waals surface area contributed by atoms with Crippen molar-refractivity contribution in [1.82, 2.24) is 5.32 Å². The Morgan fingerprint density at radius 1 is 1.57 bits per heavy atom. The molecule has 1 saturated heterocycles. The zero-order valence-electron chi connectivity index (χ0n) is 12.6. The molecule has 1 aromatic rings. The third-order valence-corrected chi connectivity index (χ3v) is 3.49. The number of nitrogen functional groups attached to an aromatic ring is 1. The van der Waals surface area contributed by atoms with Crippen molar-refractivity contribution in [2.24, 2.45) is 0 Å². The van der Waals surface area contributed by atoms with Crippen LogP contribution in [-0.4, -0.2) is 45.4 Å². The largest absolute Gasteiger partial charge is 0.491 e. The molecule has 1 atom stereocenters. The lowest BCUT2D eigenvalue weighted by molar-refractivity contribution is -0.124. The molecule has 0 radical (unpaired) electrons. The summed E-state index contributed by atoms with van der Waals surface area (Å²) in [6.45, 7) is 4.23. The van der Waals surface area contributed by atoms with Crippen LogP contribution in [-0.2, 0) is 9.53 Å². The minimum absolute atomic E-state index is 0.0750. The number of hydrogen-bond acceptors (Lipinski definition) is 5. The zero-order chi connectivity index (χ0) is 15.2. The number of likely N-dealkylation sites (N-methyl/N-ethyl adjacent to an activating group) is 1. The second-order valence-corrected chi connectivity index (χ2v) is 4.94. The van der Waals surface area contributed by atoms with E-state index in [2.05, 4.69) is 5.32 Å². The number of nitrogens with zero attached hydrogens (tertiary/aromatic N) is 1. The van der Waals surface area contributed by atoms with E-state index < -0.39 is 0 Å². The van der Waals surface area contributed by atoms with Gasteiger partial charge in [0.2, 0.25) is 5.91 Å².